The maximum atomic E-state index is 11.3. The minimum absolute atomic E-state index is 0.0340. The van der Waals surface area contributed by atoms with Crippen molar-refractivity contribution in [2.24, 2.45) is 11.5 Å². The van der Waals surface area contributed by atoms with E-state index < -0.39 is 11.7 Å². The predicted octanol–water partition coefficient (Wildman–Crippen LogP) is 0.662. The first-order valence-electron chi connectivity index (χ1n) is 4.86. The molecule has 1 aliphatic carbocycles. The third-order valence-corrected chi connectivity index (χ3v) is 2.43. The molecule has 14 heavy (non-hydrogen) atoms. The second-order valence-corrected chi connectivity index (χ2v) is 4.09. The van der Waals surface area contributed by atoms with Crippen LogP contribution in [0.15, 0.2) is 12.2 Å². The zero-order chi connectivity index (χ0) is 10.8. The van der Waals surface area contributed by atoms with E-state index in [0.29, 0.717) is 18.4 Å². The number of carbonyl (C=O) groups is 1. The lowest BCUT2D eigenvalue weighted by atomic mass is 9.89. The predicted molar refractivity (Wildman–Crippen MR) is 54.3 cm³/mol. The van der Waals surface area contributed by atoms with Gasteiger partial charge in [0, 0.05) is 24.5 Å². The van der Waals surface area contributed by atoms with Crippen molar-refractivity contribution in [2.75, 3.05) is 0 Å². The van der Waals surface area contributed by atoms with Crippen molar-refractivity contribution in [1.29, 1.82) is 0 Å². The molecule has 1 saturated carbocycles. The van der Waals surface area contributed by atoms with Crippen LogP contribution >= 0.6 is 0 Å². The normalized spacial score (nSPS) is 32.4. The molecule has 0 radical (unpaired) electrons. The summed E-state index contributed by atoms with van der Waals surface area (Å²) in [5.41, 5.74) is 11.2. The minimum Gasteiger partial charge on any atom is -0.441 e. The Hall–Kier alpha value is -0.870. The van der Waals surface area contributed by atoms with Gasteiger partial charge in [0.2, 0.25) is 0 Å². The monoisotopic (exact) mass is 198 g/mol. The van der Waals surface area contributed by atoms with Crippen molar-refractivity contribution >= 4 is 5.97 Å². The van der Waals surface area contributed by atoms with E-state index in [4.69, 9.17) is 16.2 Å². The smallest absolute Gasteiger partial charge is 0.334 e. The molecule has 0 bridgehead atoms. The third-order valence-electron chi connectivity index (χ3n) is 2.43. The molecule has 0 saturated heterocycles. The summed E-state index contributed by atoms with van der Waals surface area (Å²) < 4.78 is 5.17. The van der Waals surface area contributed by atoms with Gasteiger partial charge in [0.15, 0.2) is 5.72 Å². The summed E-state index contributed by atoms with van der Waals surface area (Å²) >= 11 is 0. The van der Waals surface area contributed by atoms with Crippen LogP contribution < -0.4 is 11.5 Å². The van der Waals surface area contributed by atoms with Crippen molar-refractivity contribution in [3.63, 3.8) is 0 Å². The van der Waals surface area contributed by atoms with E-state index in [1.54, 1.807) is 6.92 Å². The molecule has 0 aliphatic heterocycles. The lowest BCUT2D eigenvalue weighted by Gasteiger charge is -2.35. The van der Waals surface area contributed by atoms with Gasteiger partial charge in [0.25, 0.3) is 0 Å². The molecule has 2 unspecified atom stereocenters. The van der Waals surface area contributed by atoms with E-state index in [1.807, 2.05) is 0 Å². The van der Waals surface area contributed by atoms with E-state index in [0.717, 1.165) is 12.8 Å². The highest BCUT2D eigenvalue weighted by molar-refractivity contribution is 5.87. The van der Waals surface area contributed by atoms with Gasteiger partial charge in [0.05, 0.1) is 0 Å². The summed E-state index contributed by atoms with van der Waals surface area (Å²) in [5.74, 6) is -0.429. The molecule has 0 aromatic carbocycles. The van der Waals surface area contributed by atoms with Crippen LogP contribution in [0.5, 0.6) is 0 Å². The van der Waals surface area contributed by atoms with Crippen LogP contribution in [0.1, 0.15) is 32.6 Å². The number of hydrogen-bond acceptors (Lipinski definition) is 4. The summed E-state index contributed by atoms with van der Waals surface area (Å²) in [4.78, 5) is 11.3. The number of esters is 1. The Kier molecular flexibility index (Phi) is 3.29. The van der Waals surface area contributed by atoms with Gasteiger partial charge in [-0.25, -0.2) is 4.79 Å². The molecule has 0 aromatic heterocycles. The third kappa shape index (κ3) is 2.82. The molecule has 1 rings (SSSR count). The SMILES string of the molecule is C=C(C)C(=O)OC1(N)CCCC(N)C1. The van der Waals surface area contributed by atoms with Crippen molar-refractivity contribution in [3.05, 3.63) is 12.2 Å². The zero-order valence-electron chi connectivity index (χ0n) is 8.58. The molecule has 1 fully saturated rings. The zero-order valence-corrected chi connectivity index (χ0v) is 8.58. The van der Waals surface area contributed by atoms with Crippen LogP contribution in [0.4, 0.5) is 0 Å². The summed E-state index contributed by atoms with van der Waals surface area (Å²) in [7, 11) is 0. The van der Waals surface area contributed by atoms with Gasteiger partial charge in [-0.15, -0.1) is 0 Å². The molecule has 0 amide bonds. The van der Waals surface area contributed by atoms with Gasteiger partial charge >= 0.3 is 5.97 Å². The Balaban J connectivity index is 2.56. The van der Waals surface area contributed by atoms with Gasteiger partial charge in [0.1, 0.15) is 0 Å². The van der Waals surface area contributed by atoms with Crippen LogP contribution in [-0.4, -0.2) is 17.7 Å². The highest BCUT2D eigenvalue weighted by atomic mass is 16.6. The summed E-state index contributed by atoms with van der Waals surface area (Å²) in [6, 6.07) is 0.0340. The Bertz CT molecular complexity index is 253. The number of ether oxygens (including phenoxy) is 1. The van der Waals surface area contributed by atoms with E-state index in [1.165, 1.54) is 0 Å². The van der Waals surface area contributed by atoms with Gasteiger partial charge in [-0.2, -0.15) is 0 Å². The molecule has 4 heteroatoms. The Morgan fingerprint density at radius 2 is 2.29 bits per heavy atom. The van der Waals surface area contributed by atoms with Gasteiger partial charge in [-0.3, -0.25) is 5.73 Å². The average Bonchev–Trinajstić information content (AvgIpc) is 2.02. The molecule has 1 aliphatic rings. The fourth-order valence-electron chi connectivity index (χ4n) is 1.68. The Morgan fingerprint density at radius 1 is 1.64 bits per heavy atom. The highest BCUT2D eigenvalue weighted by Gasteiger charge is 2.34. The second-order valence-electron chi connectivity index (χ2n) is 4.09. The summed E-state index contributed by atoms with van der Waals surface area (Å²) in [5, 5.41) is 0. The molecule has 0 heterocycles. The molecular weight excluding hydrogens is 180 g/mol. The van der Waals surface area contributed by atoms with Crippen molar-refractivity contribution in [1.82, 2.24) is 0 Å². The van der Waals surface area contributed by atoms with Crippen LogP contribution in [0.3, 0.4) is 0 Å². The average molecular weight is 198 g/mol. The van der Waals surface area contributed by atoms with Crippen LogP contribution in [0.25, 0.3) is 0 Å². The largest absolute Gasteiger partial charge is 0.441 e. The fraction of sp³-hybridized carbons (Fsp3) is 0.700. The molecule has 4 N–H and O–H groups in total. The first kappa shape index (κ1) is 11.2. The summed E-state index contributed by atoms with van der Waals surface area (Å²) in [6.45, 7) is 5.11. The highest BCUT2D eigenvalue weighted by Crippen LogP contribution is 2.26. The molecule has 80 valence electrons. The van der Waals surface area contributed by atoms with E-state index >= 15 is 0 Å². The minimum atomic E-state index is -0.881. The van der Waals surface area contributed by atoms with Crippen LogP contribution in [-0.2, 0) is 9.53 Å². The van der Waals surface area contributed by atoms with Crippen LogP contribution in [0, 0.1) is 0 Å². The van der Waals surface area contributed by atoms with Crippen molar-refractivity contribution in [3.8, 4) is 0 Å². The van der Waals surface area contributed by atoms with Gasteiger partial charge in [-0.05, 0) is 19.8 Å². The number of carbonyl (C=O) groups excluding carboxylic acids is 1. The topological polar surface area (TPSA) is 78.3 Å². The van der Waals surface area contributed by atoms with Gasteiger partial charge < -0.3 is 10.5 Å². The fourth-order valence-corrected chi connectivity index (χ4v) is 1.68. The Labute approximate surface area is 84.3 Å². The van der Waals surface area contributed by atoms with Crippen molar-refractivity contribution in [2.45, 2.75) is 44.4 Å². The van der Waals surface area contributed by atoms with E-state index in [9.17, 15) is 4.79 Å². The molecule has 0 aromatic rings. The second kappa shape index (κ2) is 4.11. The lowest BCUT2D eigenvalue weighted by Crippen LogP contribution is -2.51. The molecule has 2 atom stereocenters. The molecule has 0 spiro atoms. The standard InChI is InChI=1S/C10H18N2O2/c1-7(2)9(13)14-10(12)5-3-4-8(11)6-10/h8H,1,3-6,11-12H2,2H3. The van der Waals surface area contributed by atoms with E-state index in [-0.39, 0.29) is 6.04 Å². The number of hydrogen-bond donors (Lipinski definition) is 2. The van der Waals surface area contributed by atoms with E-state index in [2.05, 4.69) is 6.58 Å². The first-order chi connectivity index (χ1) is 6.43. The first-order valence-corrected chi connectivity index (χ1v) is 4.86. The Morgan fingerprint density at radius 3 is 2.79 bits per heavy atom. The van der Waals surface area contributed by atoms with Crippen LogP contribution in [0.2, 0.25) is 0 Å². The summed E-state index contributed by atoms with van der Waals surface area (Å²) in [6.07, 6.45) is 3.07. The maximum absolute atomic E-state index is 11.3. The molecule has 4 nitrogen and oxygen atoms in total. The lowest BCUT2D eigenvalue weighted by molar-refractivity contribution is -0.158. The molecular formula is C10H18N2O2. The quantitative estimate of drug-likeness (QED) is 0.388. The van der Waals surface area contributed by atoms with Crippen molar-refractivity contribution < 1.29 is 9.53 Å². The number of nitrogens with two attached hydrogens (primary N) is 2. The number of rotatable bonds is 2. The maximum Gasteiger partial charge on any atom is 0.334 e. The van der Waals surface area contributed by atoms with Gasteiger partial charge in [-0.1, -0.05) is 6.58 Å².